The maximum Gasteiger partial charge on any atom is 0.223 e. The number of ether oxygens (including phenoxy) is 1. The third-order valence-electron chi connectivity index (χ3n) is 5.05. The Morgan fingerprint density at radius 2 is 1.96 bits per heavy atom. The van der Waals surface area contributed by atoms with E-state index in [0.29, 0.717) is 30.9 Å². The largest absolute Gasteiger partial charge is 0.492 e. The highest BCUT2D eigenvalue weighted by Gasteiger charge is 2.35. The Balaban J connectivity index is 1.77. The quantitative estimate of drug-likeness (QED) is 0.799. The highest BCUT2D eigenvalue weighted by molar-refractivity contribution is 5.79. The SMILES string of the molecule is Cc1ccc(OCCNC(=O)[C@@H]2C[C@H](C)CC[C@H]2C(C)C)cc1. The van der Waals surface area contributed by atoms with Crippen molar-refractivity contribution in [3.8, 4) is 5.75 Å². The molecule has 1 aliphatic carbocycles. The fourth-order valence-electron chi connectivity index (χ4n) is 3.61. The molecule has 0 aromatic heterocycles. The van der Waals surface area contributed by atoms with Crippen molar-refractivity contribution in [1.82, 2.24) is 5.32 Å². The van der Waals surface area contributed by atoms with E-state index in [4.69, 9.17) is 4.74 Å². The first-order valence-corrected chi connectivity index (χ1v) is 8.94. The molecule has 1 aromatic rings. The zero-order valence-electron chi connectivity index (χ0n) is 15.0. The van der Waals surface area contributed by atoms with Crippen molar-refractivity contribution in [3.63, 3.8) is 0 Å². The van der Waals surface area contributed by atoms with Gasteiger partial charge in [0.15, 0.2) is 0 Å². The van der Waals surface area contributed by atoms with Gasteiger partial charge in [0.2, 0.25) is 5.91 Å². The summed E-state index contributed by atoms with van der Waals surface area (Å²) in [6.07, 6.45) is 3.45. The molecule has 3 atom stereocenters. The highest BCUT2D eigenvalue weighted by Crippen LogP contribution is 2.38. The molecule has 3 nitrogen and oxygen atoms in total. The van der Waals surface area contributed by atoms with Crippen molar-refractivity contribution in [3.05, 3.63) is 29.8 Å². The number of carbonyl (C=O) groups is 1. The van der Waals surface area contributed by atoms with E-state index in [1.165, 1.54) is 18.4 Å². The predicted octanol–water partition coefficient (Wildman–Crippen LogP) is 4.20. The lowest BCUT2D eigenvalue weighted by atomic mass is 9.70. The van der Waals surface area contributed by atoms with Crippen molar-refractivity contribution >= 4 is 5.91 Å². The summed E-state index contributed by atoms with van der Waals surface area (Å²) in [4.78, 5) is 12.5. The molecular weight excluding hydrogens is 286 g/mol. The lowest BCUT2D eigenvalue weighted by molar-refractivity contribution is -0.129. The summed E-state index contributed by atoms with van der Waals surface area (Å²) in [5.74, 6) is 2.98. The van der Waals surface area contributed by atoms with Gasteiger partial charge in [-0.1, -0.05) is 44.9 Å². The van der Waals surface area contributed by atoms with Crippen LogP contribution in [0, 0.1) is 30.6 Å². The molecule has 1 fully saturated rings. The summed E-state index contributed by atoms with van der Waals surface area (Å²) < 4.78 is 5.68. The van der Waals surface area contributed by atoms with Crippen molar-refractivity contribution in [1.29, 1.82) is 0 Å². The van der Waals surface area contributed by atoms with Crippen molar-refractivity contribution in [2.75, 3.05) is 13.2 Å². The highest BCUT2D eigenvalue weighted by atomic mass is 16.5. The first kappa shape index (κ1) is 17.8. The Morgan fingerprint density at radius 1 is 1.26 bits per heavy atom. The van der Waals surface area contributed by atoms with E-state index in [-0.39, 0.29) is 11.8 Å². The molecular formula is C20H31NO2. The zero-order valence-corrected chi connectivity index (χ0v) is 15.0. The number of benzene rings is 1. The fourth-order valence-corrected chi connectivity index (χ4v) is 3.61. The van der Waals surface area contributed by atoms with Gasteiger partial charge in [0.05, 0.1) is 6.54 Å². The molecule has 0 saturated heterocycles. The van der Waals surface area contributed by atoms with Crippen LogP contribution in [0.3, 0.4) is 0 Å². The number of rotatable bonds is 6. The first-order valence-electron chi connectivity index (χ1n) is 8.94. The van der Waals surface area contributed by atoms with Gasteiger partial charge in [0.25, 0.3) is 0 Å². The molecule has 0 bridgehead atoms. The van der Waals surface area contributed by atoms with E-state index in [1.54, 1.807) is 0 Å². The van der Waals surface area contributed by atoms with Gasteiger partial charge in [-0.05, 0) is 49.7 Å². The van der Waals surface area contributed by atoms with Gasteiger partial charge < -0.3 is 10.1 Å². The molecule has 1 amide bonds. The molecule has 3 heteroatoms. The molecule has 0 spiro atoms. The standard InChI is InChI=1S/C20H31NO2/c1-14(2)18-10-7-16(4)13-19(18)20(22)21-11-12-23-17-8-5-15(3)6-9-17/h5-6,8-9,14,16,18-19H,7,10-13H2,1-4H3,(H,21,22)/t16-,18+,19-/m1/s1. The lowest BCUT2D eigenvalue weighted by Crippen LogP contribution is -2.41. The average molecular weight is 317 g/mol. The van der Waals surface area contributed by atoms with Crippen molar-refractivity contribution in [2.45, 2.75) is 47.0 Å². The summed E-state index contributed by atoms with van der Waals surface area (Å²) in [6, 6.07) is 8.00. The number of carbonyl (C=O) groups excluding carboxylic acids is 1. The first-order chi connectivity index (χ1) is 11.0. The molecule has 0 radical (unpaired) electrons. The average Bonchev–Trinajstić information content (AvgIpc) is 2.52. The number of nitrogens with one attached hydrogen (secondary N) is 1. The van der Waals surface area contributed by atoms with Gasteiger partial charge in [-0.2, -0.15) is 0 Å². The van der Waals surface area contributed by atoms with Crippen LogP contribution in [0.5, 0.6) is 5.75 Å². The molecule has 2 rings (SSSR count). The Hall–Kier alpha value is -1.51. The summed E-state index contributed by atoms with van der Waals surface area (Å²) >= 11 is 0. The zero-order chi connectivity index (χ0) is 16.8. The van der Waals surface area contributed by atoms with E-state index in [2.05, 4.69) is 33.0 Å². The van der Waals surface area contributed by atoms with Gasteiger partial charge >= 0.3 is 0 Å². The van der Waals surface area contributed by atoms with Gasteiger partial charge in [-0.15, -0.1) is 0 Å². The minimum atomic E-state index is 0.165. The number of aryl methyl sites for hydroxylation is 1. The van der Waals surface area contributed by atoms with Crippen molar-refractivity contribution < 1.29 is 9.53 Å². The second-order valence-electron chi connectivity index (χ2n) is 7.39. The molecule has 23 heavy (non-hydrogen) atoms. The predicted molar refractivity (Wildman–Crippen MR) is 94.5 cm³/mol. The maximum atomic E-state index is 12.5. The second kappa shape index (κ2) is 8.37. The summed E-state index contributed by atoms with van der Waals surface area (Å²) in [5.41, 5.74) is 1.22. The normalized spacial score (nSPS) is 24.5. The van der Waals surface area contributed by atoms with Gasteiger partial charge in [0, 0.05) is 5.92 Å². The molecule has 1 saturated carbocycles. The van der Waals surface area contributed by atoms with Crippen LogP contribution in [-0.2, 0) is 4.79 Å². The smallest absolute Gasteiger partial charge is 0.223 e. The van der Waals surface area contributed by atoms with E-state index in [1.807, 2.05) is 24.3 Å². The van der Waals surface area contributed by atoms with Gasteiger partial charge in [-0.3, -0.25) is 4.79 Å². The Labute approximate surface area is 140 Å². The molecule has 1 aromatic carbocycles. The van der Waals surface area contributed by atoms with Crippen LogP contribution < -0.4 is 10.1 Å². The molecule has 0 heterocycles. The minimum Gasteiger partial charge on any atom is -0.492 e. The van der Waals surface area contributed by atoms with Crippen LogP contribution >= 0.6 is 0 Å². The third kappa shape index (κ3) is 5.26. The van der Waals surface area contributed by atoms with E-state index < -0.39 is 0 Å². The minimum absolute atomic E-state index is 0.165. The summed E-state index contributed by atoms with van der Waals surface area (Å²) in [5, 5.41) is 3.08. The Morgan fingerprint density at radius 3 is 2.61 bits per heavy atom. The number of amides is 1. The van der Waals surface area contributed by atoms with Crippen LogP contribution in [0.25, 0.3) is 0 Å². The third-order valence-corrected chi connectivity index (χ3v) is 5.05. The van der Waals surface area contributed by atoms with Crippen LogP contribution in [0.4, 0.5) is 0 Å². The lowest BCUT2D eigenvalue weighted by Gasteiger charge is -2.36. The van der Waals surface area contributed by atoms with Crippen LogP contribution in [0.2, 0.25) is 0 Å². The van der Waals surface area contributed by atoms with E-state index in [9.17, 15) is 4.79 Å². The van der Waals surface area contributed by atoms with Crippen LogP contribution in [0.1, 0.15) is 45.6 Å². The number of hydrogen-bond acceptors (Lipinski definition) is 2. The molecule has 0 aliphatic heterocycles. The fraction of sp³-hybridized carbons (Fsp3) is 0.650. The summed E-state index contributed by atoms with van der Waals surface area (Å²) in [7, 11) is 0. The maximum absolute atomic E-state index is 12.5. The van der Waals surface area contributed by atoms with Gasteiger partial charge in [0.1, 0.15) is 12.4 Å². The monoisotopic (exact) mass is 317 g/mol. The van der Waals surface area contributed by atoms with E-state index in [0.717, 1.165) is 12.2 Å². The molecule has 128 valence electrons. The van der Waals surface area contributed by atoms with Crippen molar-refractivity contribution in [2.24, 2.45) is 23.7 Å². The second-order valence-corrected chi connectivity index (χ2v) is 7.39. The Kier molecular flexibility index (Phi) is 6.49. The number of hydrogen-bond donors (Lipinski definition) is 1. The topological polar surface area (TPSA) is 38.3 Å². The van der Waals surface area contributed by atoms with Crippen LogP contribution in [0.15, 0.2) is 24.3 Å². The molecule has 0 unspecified atom stereocenters. The van der Waals surface area contributed by atoms with Gasteiger partial charge in [-0.25, -0.2) is 0 Å². The van der Waals surface area contributed by atoms with Crippen LogP contribution in [-0.4, -0.2) is 19.1 Å². The molecule has 1 aliphatic rings. The summed E-state index contributed by atoms with van der Waals surface area (Å²) in [6.45, 7) is 9.88. The molecule has 1 N–H and O–H groups in total. The Bertz CT molecular complexity index is 495. The van der Waals surface area contributed by atoms with E-state index >= 15 is 0 Å².